The number of morpholine rings is 1. The third kappa shape index (κ3) is 3.22. The van der Waals surface area contributed by atoms with Gasteiger partial charge in [-0.2, -0.15) is 0 Å². The van der Waals surface area contributed by atoms with Gasteiger partial charge in [0.05, 0.1) is 19.8 Å². The van der Waals surface area contributed by atoms with Crippen LogP contribution in [0.15, 0.2) is 0 Å². The molecule has 2 atom stereocenters. The van der Waals surface area contributed by atoms with Crippen LogP contribution in [-0.2, 0) is 9.53 Å². The van der Waals surface area contributed by atoms with Crippen molar-refractivity contribution in [2.45, 2.75) is 25.3 Å². The van der Waals surface area contributed by atoms with Crippen LogP contribution in [0.2, 0.25) is 0 Å². The second kappa shape index (κ2) is 6.50. The van der Waals surface area contributed by atoms with Crippen LogP contribution in [0.25, 0.3) is 0 Å². The fraction of sp³-hybridized carbons (Fsp3) is 0.923. The first-order valence-corrected chi connectivity index (χ1v) is 6.98. The number of carbonyl (C=O) groups is 1. The average molecular weight is 255 g/mol. The first-order valence-electron chi connectivity index (χ1n) is 6.98. The molecule has 2 rings (SSSR count). The molecule has 1 heterocycles. The molecule has 2 unspecified atom stereocenters. The maximum atomic E-state index is 12.2. The lowest BCUT2D eigenvalue weighted by Gasteiger charge is -2.32. The van der Waals surface area contributed by atoms with Gasteiger partial charge >= 0.3 is 0 Å². The third-order valence-electron chi connectivity index (χ3n) is 4.24. The summed E-state index contributed by atoms with van der Waals surface area (Å²) in [6, 6.07) is 0.486. The SMILES string of the molecule is CN(CC(=O)N1CCOCC1)C1CCCC1CN. The molecular weight excluding hydrogens is 230 g/mol. The van der Waals surface area contributed by atoms with E-state index >= 15 is 0 Å². The van der Waals surface area contributed by atoms with Crippen LogP contribution in [0.1, 0.15) is 19.3 Å². The van der Waals surface area contributed by atoms with Gasteiger partial charge in [-0.3, -0.25) is 9.69 Å². The lowest BCUT2D eigenvalue weighted by Crippen LogP contribution is -2.48. The molecule has 1 amide bonds. The first kappa shape index (κ1) is 13.8. The predicted molar refractivity (Wildman–Crippen MR) is 70.2 cm³/mol. The van der Waals surface area contributed by atoms with Gasteiger partial charge < -0.3 is 15.4 Å². The smallest absolute Gasteiger partial charge is 0.236 e. The van der Waals surface area contributed by atoms with Crippen molar-refractivity contribution in [1.82, 2.24) is 9.80 Å². The van der Waals surface area contributed by atoms with Gasteiger partial charge in [-0.1, -0.05) is 6.42 Å². The molecule has 5 heteroatoms. The normalized spacial score (nSPS) is 28.9. The lowest BCUT2D eigenvalue weighted by atomic mass is 10.0. The molecule has 0 radical (unpaired) electrons. The predicted octanol–water partition coefficient (Wildman–Crippen LogP) is -0.0956. The fourth-order valence-electron chi connectivity index (χ4n) is 3.12. The van der Waals surface area contributed by atoms with Crippen LogP contribution >= 0.6 is 0 Å². The second-order valence-corrected chi connectivity index (χ2v) is 5.40. The number of nitrogens with two attached hydrogens (primary N) is 1. The molecular formula is C13H25N3O2. The van der Waals surface area contributed by atoms with Gasteiger partial charge in [0, 0.05) is 19.1 Å². The van der Waals surface area contributed by atoms with Crippen LogP contribution in [0.4, 0.5) is 0 Å². The van der Waals surface area contributed by atoms with Gasteiger partial charge in [-0.05, 0) is 32.4 Å². The molecule has 1 aliphatic carbocycles. The molecule has 104 valence electrons. The summed E-state index contributed by atoms with van der Waals surface area (Å²) in [5, 5.41) is 0. The molecule has 2 fully saturated rings. The monoisotopic (exact) mass is 255 g/mol. The molecule has 5 nitrogen and oxygen atoms in total. The number of amides is 1. The highest BCUT2D eigenvalue weighted by Gasteiger charge is 2.31. The molecule has 1 saturated carbocycles. The summed E-state index contributed by atoms with van der Waals surface area (Å²) in [4.78, 5) is 16.3. The fourth-order valence-corrected chi connectivity index (χ4v) is 3.12. The zero-order valence-electron chi connectivity index (χ0n) is 11.3. The van der Waals surface area contributed by atoms with E-state index in [1.165, 1.54) is 19.3 Å². The Kier molecular flexibility index (Phi) is 4.97. The topological polar surface area (TPSA) is 58.8 Å². The Morgan fingerprint density at radius 2 is 2.11 bits per heavy atom. The highest BCUT2D eigenvalue weighted by atomic mass is 16.5. The number of likely N-dealkylation sites (N-methyl/N-ethyl adjacent to an activating group) is 1. The summed E-state index contributed by atoms with van der Waals surface area (Å²) in [6.45, 7) is 4.06. The largest absolute Gasteiger partial charge is 0.378 e. The highest BCUT2D eigenvalue weighted by molar-refractivity contribution is 5.78. The van der Waals surface area contributed by atoms with Crippen molar-refractivity contribution in [3.05, 3.63) is 0 Å². The van der Waals surface area contributed by atoms with Crippen LogP contribution in [-0.4, -0.2) is 68.2 Å². The summed E-state index contributed by atoms with van der Waals surface area (Å²) in [5.41, 5.74) is 5.80. The van der Waals surface area contributed by atoms with Crippen LogP contribution in [0.3, 0.4) is 0 Å². The summed E-state index contributed by atoms with van der Waals surface area (Å²) >= 11 is 0. The Balaban J connectivity index is 1.82. The Labute approximate surface area is 109 Å². The van der Waals surface area contributed by atoms with Gasteiger partial charge in [0.25, 0.3) is 0 Å². The van der Waals surface area contributed by atoms with E-state index in [-0.39, 0.29) is 5.91 Å². The van der Waals surface area contributed by atoms with Gasteiger partial charge in [0.15, 0.2) is 0 Å². The Hall–Kier alpha value is -0.650. The van der Waals surface area contributed by atoms with E-state index < -0.39 is 0 Å². The summed E-state index contributed by atoms with van der Waals surface area (Å²) < 4.78 is 5.27. The third-order valence-corrected chi connectivity index (χ3v) is 4.24. The molecule has 0 bridgehead atoms. The van der Waals surface area contributed by atoms with Crippen molar-refractivity contribution in [2.24, 2.45) is 11.7 Å². The molecule has 0 aromatic rings. The zero-order valence-corrected chi connectivity index (χ0v) is 11.3. The molecule has 2 N–H and O–H groups in total. The van der Waals surface area contributed by atoms with Crippen molar-refractivity contribution in [1.29, 1.82) is 0 Å². The van der Waals surface area contributed by atoms with Crippen LogP contribution < -0.4 is 5.73 Å². The number of nitrogens with zero attached hydrogens (tertiary/aromatic N) is 2. The van der Waals surface area contributed by atoms with Crippen LogP contribution in [0, 0.1) is 5.92 Å². The Morgan fingerprint density at radius 3 is 2.78 bits per heavy atom. The highest BCUT2D eigenvalue weighted by Crippen LogP contribution is 2.28. The van der Waals surface area contributed by atoms with Crippen LogP contribution in [0.5, 0.6) is 0 Å². The minimum atomic E-state index is 0.225. The van der Waals surface area contributed by atoms with E-state index in [1.54, 1.807) is 0 Å². The van der Waals surface area contributed by atoms with E-state index in [0.29, 0.717) is 31.7 Å². The number of ether oxygens (including phenoxy) is 1. The van der Waals surface area contributed by atoms with Crippen molar-refractivity contribution >= 4 is 5.91 Å². The summed E-state index contributed by atoms with van der Waals surface area (Å²) in [7, 11) is 2.05. The second-order valence-electron chi connectivity index (χ2n) is 5.40. The molecule has 0 aromatic carbocycles. The van der Waals surface area contributed by atoms with Gasteiger partial charge in [0.2, 0.25) is 5.91 Å². The van der Waals surface area contributed by atoms with Gasteiger partial charge in [-0.15, -0.1) is 0 Å². The average Bonchev–Trinajstić information content (AvgIpc) is 2.88. The van der Waals surface area contributed by atoms with Crippen molar-refractivity contribution in [3.8, 4) is 0 Å². The first-order chi connectivity index (χ1) is 8.72. The number of carbonyl (C=O) groups excluding carboxylic acids is 1. The van der Waals surface area contributed by atoms with E-state index in [4.69, 9.17) is 10.5 Å². The van der Waals surface area contributed by atoms with E-state index in [1.807, 2.05) is 4.90 Å². The summed E-state index contributed by atoms with van der Waals surface area (Å²) in [6.07, 6.45) is 3.62. The molecule has 0 spiro atoms. The standard InChI is InChI=1S/C13H25N3O2/c1-15(12-4-2-3-11(12)9-14)10-13(17)16-5-7-18-8-6-16/h11-12H,2-10,14H2,1H3. The molecule has 2 aliphatic rings. The molecule has 1 saturated heterocycles. The number of hydrogen-bond donors (Lipinski definition) is 1. The van der Waals surface area contributed by atoms with Crippen molar-refractivity contribution in [3.63, 3.8) is 0 Å². The van der Waals surface area contributed by atoms with Gasteiger partial charge in [0.1, 0.15) is 0 Å². The number of hydrogen-bond acceptors (Lipinski definition) is 4. The van der Waals surface area contributed by atoms with Crippen molar-refractivity contribution in [2.75, 3.05) is 46.4 Å². The maximum absolute atomic E-state index is 12.2. The minimum absolute atomic E-state index is 0.225. The van der Waals surface area contributed by atoms with E-state index in [0.717, 1.165) is 19.6 Å². The minimum Gasteiger partial charge on any atom is -0.378 e. The summed E-state index contributed by atoms with van der Waals surface area (Å²) in [5.74, 6) is 0.788. The molecule has 0 aromatic heterocycles. The zero-order chi connectivity index (χ0) is 13.0. The Bertz CT molecular complexity index is 279. The van der Waals surface area contributed by atoms with E-state index in [2.05, 4.69) is 11.9 Å². The van der Waals surface area contributed by atoms with Gasteiger partial charge in [-0.25, -0.2) is 0 Å². The van der Waals surface area contributed by atoms with E-state index in [9.17, 15) is 4.79 Å². The molecule has 1 aliphatic heterocycles. The Morgan fingerprint density at radius 1 is 1.39 bits per heavy atom. The van der Waals surface area contributed by atoms with Crippen molar-refractivity contribution < 1.29 is 9.53 Å². The molecule has 18 heavy (non-hydrogen) atoms. The lowest BCUT2D eigenvalue weighted by molar-refractivity contribution is -0.136. The maximum Gasteiger partial charge on any atom is 0.236 e. The quantitative estimate of drug-likeness (QED) is 0.762. The number of rotatable bonds is 4.